The summed E-state index contributed by atoms with van der Waals surface area (Å²) in [4.78, 5) is 0. The Balaban J connectivity index is 2.21. The highest BCUT2D eigenvalue weighted by atomic mass is 32.2. The molecule has 2 aromatic rings. The average Bonchev–Trinajstić information content (AvgIpc) is 2.41. The van der Waals surface area contributed by atoms with Gasteiger partial charge in [0.1, 0.15) is 5.82 Å². The summed E-state index contributed by atoms with van der Waals surface area (Å²) in [5, 5.41) is 0. The lowest BCUT2D eigenvalue weighted by Gasteiger charge is -2.08. The van der Waals surface area contributed by atoms with Crippen molar-refractivity contribution in [1.29, 1.82) is 0 Å². The molecule has 106 valence electrons. The first kappa shape index (κ1) is 14.7. The summed E-state index contributed by atoms with van der Waals surface area (Å²) in [7, 11) is -3.42. The van der Waals surface area contributed by atoms with E-state index in [1.54, 1.807) is 36.4 Å². The summed E-state index contributed by atoms with van der Waals surface area (Å²) in [6, 6.07) is 13.5. The van der Waals surface area contributed by atoms with Gasteiger partial charge in [-0.25, -0.2) is 12.8 Å². The molecule has 5 heteroatoms. The number of halogens is 1. The van der Waals surface area contributed by atoms with E-state index in [1.807, 2.05) is 6.07 Å². The predicted octanol–water partition coefficient (Wildman–Crippen LogP) is 2.40. The van der Waals surface area contributed by atoms with Crippen molar-refractivity contribution in [2.45, 2.75) is 18.1 Å². The van der Waals surface area contributed by atoms with Crippen LogP contribution in [0, 0.1) is 5.82 Å². The molecule has 0 aliphatic rings. The molecule has 3 nitrogen and oxygen atoms in total. The Morgan fingerprint density at radius 3 is 2.20 bits per heavy atom. The largest absolute Gasteiger partial charge is 0.326 e. The van der Waals surface area contributed by atoms with Gasteiger partial charge in [0.05, 0.1) is 11.5 Å². The fraction of sp³-hybridized carbons (Fsp3) is 0.200. The Morgan fingerprint density at radius 1 is 0.900 bits per heavy atom. The number of rotatable bonds is 5. The molecule has 0 radical (unpaired) electrons. The van der Waals surface area contributed by atoms with Crippen LogP contribution < -0.4 is 5.73 Å². The molecule has 0 heterocycles. The van der Waals surface area contributed by atoms with E-state index in [4.69, 9.17) is 5.73 Å². The van der Waals surface area contributed by atoms with E-state index in [0.29, 0.717) is 11.1 Å². The molecule has 2 aromatic carbocycles. The molecular weight excluding hydrogens is 277 g/mol. The molecule has 0 aromatic heterocycles. The van der Waals surface area contributed by atoms with Crippen LogP contribution in [0.2, 0.25) is 0 Å². The third kappa shape index (κ3) is 3.65. The van der Waals surface area contributed by atoms with Crippen molar-refractivity contribution in [3.63, 3.8) is 0 Å². The number of hydrogen-bond donors (Lipinski definition) is 1. The first-order valence-electron chi connectivity index (χ1n) is 6.22. The lowest BCUT2D eigenvalue weighted by atomic mass is 10.1. The van der Waals surface area contributed by atoms with E-state index in [2.05, 4.69) is 0 Å². The van der Waals surface area contributed by atoms with Gasteiger partial charge in [0.15, 0.2) is 9.84 Å². The summed E-state index contributed by atoms with van der Waals surface area (Å²) in [5.41, 5.74) is 6.62. The molecule has 2 rings (SSSR count). The lowest BCUT2D eigenvalue weighted by Crippen LogP contribution is -2.10. The van der Waals surface area contributed by atoms with Crippen LogP contribution in [0.3, 0.4) is 0 Å². The van der Waals surface area contributed by atoms with Gasteiger partial charge in [0.2, 0.25) is 0 Å². The maximum Gasteiger partial charge on any atom is 0.158 e. The maximum absolute atomic E-state index is 14.0. The molecule has 0 fully saturated rings. The van der Waals surface area contributed by atoms with Crippen LogP contribution in [-0.2, 0) is 27.9 Å². The SMILES string of the molecule is NCc1cccc(CS(=O)(=O)Cc2ccccc2)c1F. The Bertz CT molecular complexity index is 684. The van der Waals surface area contributed by atoms with Gasteiger partial charge in [-0.3, -0.25) is 0 Å². The van der Waals surface area contributed by atoms with Crippen LogP contribution in [0.15, 0.2) is 48.5 Å². The molecule has 0 bridgehead atoms. The average molecular weight is 293 g/mol. The van der Waals surface area contributed by atoms with Crippen molar-refractivity contribution in [1.82, 2.24) is 0 Å². The fourth-order valence-corrected chi connectivity index (χ4v) is 3.52. The van der Waals surface area contributed by atoms with Crippen LogP contribution in [-0.4, -0.2) is 8.42 Å². The van der Waals surface area contributed by atoms with Crippen molar-refractivity contribution < 1.29 is 12.8 Å². The molecule has 0 aliphatic carbocycles. The second-order valence-electron chi connectivity index (χ2n) is 4.61. The minimum atomic E-state index is -3.42. The van der Waals surface area contributed by atoms with Gasteiger partial charge in [0, 0.05) is 17.7 Å². The van der Waals surface area contributed by atoms with Gasteiger partial charge in [-0.1, -0.05) is 48.5 Å². The van der Waals surface area contributed by atoms with Gasteiger partial charge in [0.25, 0.3) is 0 Å². The van der Waals surface area contributed by atoms with Crippen LogP contribution >= 0.6 is 0 Å². The van der Waals surface area contributed by atoms with Crippen molar-refractivity contribution in [3.8, 4) is 0 Å². The number of nitrogens with two attached hydrogens (primary N) is 1. The molecule has 0 spiro atoms. The summed E-state index contributed by atoms with van der Waals surface area (Å²) in [6.45, 7) is 0.0540. The Hall–Kier alpha value is -1.72. The van der Waals surface area contributed by atoms with Crippen molar-refractivity contribution in [2.24, 2.45) is 5.73 Å². The Kier molecular flexibility index (Phi) is 4.52. The summed E-state index contributed by atoms with van der Waals surface area (Å²) < 4.78 is 38.2. The monoisotopic (exact) mass is 293 g/mol. The highest BCUT2D eigenvalue weighted by molar-refractivity contribution is 7.89. The van der Waals surface area contributed by atoms with Gasteiger partial charge in [-0.15, -0.1) is 0 Å². The molecule has 0 saturated carbocycles. The zero-order valence-corrected chi connectivity index (χ0v) is 11.7. The highest BCUT2D eigenvalue weighted by Crippen LogP contribution is 2.17. The topological polar surface area (TPSA) is 60.2 Å². The minimum absolute atomic E-state index is 0.0540. The van der Waals surface area contributed by atoms with Gasteiger partial charge in [-0.2, -0.15) is 0 Å². The molecule has 2 N–H and O–H groups in total. The Morgan fingerprint density at radius 2 is 1.55 bits per heavy atom. The molecule has 20 heavy (non-hydrogen) atoms. The van der Waals surface area contributed by atoms with E-state index >= 15 is 0 Å². The van der Waals surface area contributed by atoms with Crippen molar-refractivity contribution >= 4 is 9.84 Å². The predicted molar refractivity (Wildman–Crippen MR) is 77.1 cm³/mol. The van der Waals surface area contributed by atoms with E-state index < -0.39 is 15.7 Å². The van der Waals surface area contributed by atoms with Crippen LogP contribution in [0.4, 0.5) is 4.39 Å². The smallest absolute Gasteiger partial charge is 0.158 e. The molecular formula is C15H16FNO2S. The molecule has 0 amide bonds. The van der Waals surface area contributed by atoms with Gasteiger partial charge < -0.3 is 5.73 Å². The molecule has 0 saturated heterocycles. The first-order chi connectivity index (χ1) is 9.52. The molecule has 0 atom stereocenters. The van der Waals surface area contributed by atoms with E-state index in [0.717, 1.165) is 0 Å². The van der Waals surface area contributed by atoms with Crippen LogP contribution in [0.1, 0.15) is 16.7 Å². The number of benzene rings is 2. The molecule has 0 unspecified atom stereocenters. The van der Waals surface area contributed by atoms with Crippen molar-refractivity contribution in [2.75, 3.05) is 0 Å². The van der Waals surface area contributed by atoms with Gasteiger partial charge >= 0.3 is 0 Å². The van der Waals surface area contributed by atoms with E-state index in [1.165, 1.54) is 6.07 Å². The summed E-state index contributed by atoms with van der Waals surface area (Å²) >= 11 is 0. The number of hydrogen-bond acceptors (Lipinski definition) is 3. The summed E-state index contributed by atoms with van der Waals surface area (Å²) in [6.07, 6.45) is 0. The highest BCUT2D eigenvalue weighted by Gasteiger charge is 2.17. The second-order valence-corrected chi connectivity index (χ2v) is 6.68. The second kappa shape index (κ2) is 6.15. The van der Waals surface area contributed by atoms with Gasteiger partial charge in [-0.05, 0) is 5.56 Å². The lowest BCUT2D eigenvalue weighted by molar-refractivity contribution is 0.581. The molecule has 0 aliphatic heterocycles. The van der Waals surface area contributed by atoms with Crippen LogP contribution in [0.5, 0.6) is 0 Å². The maximum atomic E-state index is 14.0. The summed E-state index contributed by atoms with van der Waals surface area (Å²) in [5.74, 6) is -0.937. The normalized spacial score (nSPS) is 11.5. The van der Waals surface area contributed by atoms with E-state index in [-0.39, 0.29) is 23.6 Å². The zero-order chi connectivity index (χ0) is 14.6. The van der Waals surface area contributed by atoms with Crippen molar-refractivity contribution in [3.05, 3.63) is 71.0 Å². The first-order valence-corrected chi connectivity index (χ1v) is 8.04. The minimum Gasteiger partial charge on any atom is -0.326 e. The zero-order valence-electron chi connectivity index (χ0n) is 10.9. The third-order valence-corrected chi connectivity index (χ3v) is 4.51. The Labute approximate surface area is 118 Å². The standard InChI is InChI=1S/C15H16FNO2S/c16-15-13(9-17)7-4-8-14(15)11-20(18,19)10-12-5-2-1-3-6-12/h1-8H,9-11,17H2. The quantitative estimate of drug-likeness (QED) is 0.921. The third-order valence-electron chi connectivity index (χ3n) is 2.98. The van der Waals surface area contributed by atoms with Crippen LogP contribution in [0.25, 0.3) is 0 Å². The van der Waals surface area contributed by atoms with E-state index in [9.17, 15) is 12.8 Å². The fourth-order valence-electron chi connectivity index (χ4n) is 2.02. The number of sulfone groups is 1.